The van der Waals surface area contributed by atoms with Crippen molar-refractivity contribution in [3.05, 3.63) is 0 Å². The van der Waals surface area contributed by atoms with Gasteiger partial charge in [0.2, 0.25) is 0 Å². The van der Waals surface area contributed by atoms with Gasteiger partial charge in [0.15, 0.2) is 0 Å². The van der Waals surface area contributed by atoms with Crippen LogP contribution in [0.15, 0.2) is 0 Å². The predicted molar refractivity (Wildman–Crippen MR) is 57.5 cm³/mol. The molecule has 0 radical (unpaired) electrons. The van der Waals surface area contributed by atoms with Gasteiger partial charge in [-0.25, -0.2) is 0 Å². The van der Waals surface area contributed by atoms with Crippen molar-refractivity contribution in [3.8, 4) is 0 Å². The molecule has 2 heterocycles. The Labute approximate surface area is 87.0 Å². The lowest BCUT2D eigenvalue weighted by Gasteiger charge is -2.39. The fourth-order valence-corrected chi connectivity index (χ4v) is 2.66. The maximum atomic E-state index is 5.44. The number of nitrogens with zero attached hydrogens (tertiary/aromatic N) is 2. The summed E-state index contributed by atoms with van der Waals surface area (Å²) in [7, 11) is 1.84. The quantitative estimate of drug-likeness (QED) is 0.653. The normalized spacial score (nSPS) is 35.1. The first-order valence-electron chi connectivity index (χ1n) is 5.71. The van der Waals surface area contributed by atoms with Crippen molar-refractivity contribution in [1.82, 2.24) is 9.80 Å². The molecular formula is C11H22N2O. The second-order valence-electron chi connectivity index (χ2n) is 4.83. The molecule has 14 heavy (non-hydrogen) atoms. The summed E-state index contributed by atoms with van der Waals surface area (Å²) < 4.78 is 5.44. The minimum Gasteiger partial charge on any atom is -0.380 e. The maximum Gasteiger partial charge on any atom is 0.0713 e. The van der Waals surface area contributed by atoms with E-state index in [0.717, 1.165) is 12.6 Å². The van der Waals surface area contributed by atoms with Gasteiger partial charge >= 0.3 is 0 Å². The van der Waals surface area contributed by atoms with E-state index in [-0.39, 0.29) is 0 Å². The van der Waals surface area contributed by atoms with E-state index >= 15 is 0 Å². The molecule has 2 saturated heterocycles. The van der Waals surface area contributed by atoms with Crippen molar-refractivity contribution < 1.29 is 4.74 Å². The molecule has 2 atom stereocenters. The Morgan fingerprint density at radius 3 is 2.64 bits per heavy atom. The molecule has 0 aromatic carbocycles. The lowest BCUT2D eigenvalue weighted by molar-refractivity contribution is 0.0786. The molecule has 82 valence electrons. The second kappa shape index (κ2) is 4.17. The van der Waals surface area contributed by atoms with Gasteiger partial charge in [-0.1, -0.05) is 0 Å². The van der Waals surface area contributed by atoms with Crippen molar-refractivity contribution in [1.29, 1.82) is 0 Å². The van der Waals surface area contributed by atoms with Crippen molar-refractivity contribution in [2.45, 2.75) is 38.5 Å². The van der Waals surface area contributed by atoms with Crippen molar-refractivity contribution >= 4 is 0 Å². The number of methoxy groups -OCH3 is 1. The SMILES string of the molecule is CO[C@H]1C[C@H]2CN(C(C)C)CCN2C1. The molecule has 2 aliphatic heterocycles. The second-order valence-corrected chi connectivity index (χ2v) is 4.83. The van der Waals surface area contributed by atoms with Crippen LogP contribution in [0.2, 0.25) is 0 Å². The minimum absolute atomic E-state index is 0.479. The summed E-state index contributed by atoms with van der Waals surface area (Å²) in [6.07, 6.45) is 1.70. The molecule has 2 rings (SSSR count). The highest BCUT2D eigenvalue weighted by Crippen LogP contribution is 2.24. The molecule has 3 nitrogen and oxygen atoms in total. The molecule has 0 aromatic heterocycles. The van der Waals surface area contributed by atoms with E-state index in [9.17, 15) is 0 Å². The molecule has 0 aromatic rings. The molecule has 0 amide bonds. The predicted octanol–water partition coefficient (Wildman–Crippen LogP) is 0.800. The highest BCUT2D eigenvalue weighted by Gasteiger charge is 2.36. The Morgan fingerprint density at radius 2 is 2.00 bits per heavy atom. The molecule has 2 aliphatic rings. The molecule has 3 heteroatoms. The third-order valence-electron chi connectivity index (χ3n) is 3.67. The fraction of sp³-hybridized carbons (Fsp3) is 1.00. The van der Waals surface area contributed by atoms with Crippen molar-refractivity contribution in [2.75, 3.05) is 33.3 Å². The number of hydrogen-bond donors (Lipinski definition) is 0. The Balaban J connectivity index is 1.91. The van der Waals surface area contributed by atoms with Gasteiger partial charge in [-0.05, 0) is 20.3 Å². The van der Waals surface area contributed by atoms with Crippen LogP contribution >= 0.6 is 0 Å². The molecule has 0 saturated carbocycles. The molecular weight excluding hydrogens is 176 g/mol. The van der Waals surface area contributed by atoms with E-state index in [1.54, 1.807) is 0 Å². The number of rotatable bonds is 2. The van der Waals surface area contributed by atoms with Crippen LogP contribution in [0.3, 0.4) is 0 Å². The average molecular weight is 198 g/mol. The van der Waals surface area contributed by atoms with Gasteiger partial charge in [-0.15, -0.1) is 0 Å². The zero-order chi connectivity index (χ0) is 10.1. The van der Waals surface area contributed by atoms with Gasteiger partial charge in [0.1, 0.15) is 0 Å². The van der Waals surface area contributed by atoms with E-state index in [1.165, 1.54) is 26.1 Å². The van der Waals surface area contributed by atoms with Gasteiger partial charge in [-0.2, -0.15) is 0 Å². The maximum absolute atomic E-state index is 5.44. The lowest BCUT2D eigenvalue weighted by Crippen LogP contribution is -2.52. The summed E-state index contributed by atoms with van der Waals surface area (Å²) in [5.74, 6) is 0. The first-order chi connectivity index (χ1) is 6.70. The monoisotopic (exact) mass is 198 g/mol. The smallest absolute Gasteiger partial charge is 0.0713 e. The van der Waals surface area contributed by atoms with Crippen LogP contribution in [0.5, 0.6) is 0 Å². The van der Waals surface area contributed by atoms with Crippen molar-refractivity contribution in [3.63, 3.8) is 0 Å². The summed E-state index contributed by atoms with van der Waals surface area (Å²) in [6, 6.07) is 1.44. The van der Waals surface area contributed by atoms with Crippen LogP contribution in [0.4, 0.5) is 0 Å². The van der Waals surface area contributed by atoms with Crippen LogP contribution in [-0.4, -0.2) is 61.3 Å². The van der Waals surface area contributed by atoms with E-state index in [4.69, 9.17) is 4.74 Å². The number of piperazine rings is 1. The minimum atomic E-state index is 0.479. The van der Waals surface area contributed by atoms with Crippen LogP contribution in [0, 0.1) is 0 Å². The standard InChI is InChI=1S/C11H22N2O/c1-9(2)12-4-5-13-8-11(14-3)6-10(13)7-12/h9-11H,4-8H2,1-3H3/t10-,11-/m0/s1. The molecule has 0 unspecified atom stereocenters. The molecule has 0 bridgehead atoms. The fourth-order valence-electron chi connectivity index (χ4n) is 2.66. The first kappa shape index (κ1) is 10.4. The van der Waals surface area contributed by atoms with Crippen molar-refractivity contribution in [2.24, 2.45) is 0 Å². The lowest BCUT2D eigenvalue weighted by atomic mass is 10.1. The summed E-state index contributed by atoms with van der Waals surface area (Å²) in [4.78, 5) is 5.17. The zero-order valence-corrected chi connectivity index (χ0v) is 9.57. The molecule has 0 aliphatic carbocycles. The van der Waals surface area contributed by atoms with Gasteiger partial charge in [0.05, 0.1) is 6.10 Å². The topological polar surface area (TPSA) is 15.7 Å². The average Bonchev–Trinajstić information content (AvgIpc) is 2.58. The third-order valence-corrected chi connectivity index (χ3v) is 3.67. The van der Waals surface area contributed by atoms with Crippen LogP contribution in [0.1, 0.15) is 20.3 Å². The van der Waals surface area contributed by atoms with Crippen LogP contribution < -0.4 is 0 Å². The van der Waals surface area contributed by atoms with E-state index in [0.29, 0.717) is 12.1 Å². The Morgan fingerprint density at radius 1 is 1.21 bits per heavy atom. The van der Waals surface area contributed by atoms with Crippen LogP contribution in [0.25, 0.3) is 0 Å². The Kier molecular flexibility index (Phi) is 3.10. The largest absolute Gasteiger partial charge is 0.380 e. The summed E-state index contributed by atoms with van der Waals surface area (Å²) in [6.45, 7) is 9.41. The highest BCUT2D eigenvalue weighted by atomic mass is 16.5. The number of fused-ring (bicyclic) bond motifs is 1. The first-order valence-corrected chi connectivity index (χ1v) is 5.71. The van der Waals surface area contributed by atoms with Gasteiger partial charge in [0.25, 0.3) is 0 Å². The summed E-state index contributed by atoms with van der Waals surface area (Å²) in [5, 5.41) is 0. The molecule has 0 spiro atoms. The Hall–Kier alpha value is -0.120. The van der Waals surface area contributed by atoms with Gasteiger partial charge < -0.3 is 4.74 Å². The van der Waals surface area contributed by atoms with E-state index in [1.807, 2.05) is 7.11 Å². The molecule has 0 N–H and O–H groups in total. The summed E-state index contributed by atoms with van der Waals surface area (Å²) in [5.41, 5.74) is 0. The van der Waals surface area contributed by atoms with E-state index in [2.05, 4.69) is 23.6 Å². The van der Waals surface area contributed by atoms with Gasteiger partial charge in [0, 0.05) is 45.4 Å². The third kappa shape index (κ3) is 1.95. The number of ether oxygens (including phenoxy) is 1. The zero-order valence-electron chi connectivity index (χ0n) is 9.57. The van der Waals surface area contributed by atoms with E-state index < -0.39 is 0 Å². The summed E-state index contributed by atoms with van der Waals surface area (Å²) >= 11 is 0. The Bertz CT molecular complexity index is 196. The number of hydrogen-bond acceptors (Lipinski definition) is 3. The van der Waals surface area contributed by atoms with Crippen LogP contribution in [-0.2, 0) is 4.74 Å². The molecule has 2 fully saturated rings. The van der Waals surface area contributed by atoms with Gasteiger partial charge in [-0.3, -0.25) is 9.80 Å². The highest BCUT2D eigenvalue weighted by molar-refractivity contribution is 4.92.